The molecular weight excluding hydrogens is 1910 g/mol. The fraction of sp³-hybridized carbons (Fsp3) is 0.176. The van der Waals surface area contributed by atoms with Crippen LogP contribution in [0.25, 0.3) is 89.1 Å². The van der Waals surface area contributed by atoms with E-state index in [2.05, 4.69) is 229 Å². The molecule has 0 aliphatic rings. The first-order valence-corrected chi connectivity index (χ1v) is 31.2. The van der Waals surface area contributed by atoms with Gasteiger partial charge in [-0.2, -0.15) is 0 Å². The van der Waals surface area contributed by atoms with Crippen molar-refractivity contribution in [3.8, 4) is 67.3 Å². The Labute approximate surface area is 628 Å². The Hall–Kier alpha value is -8.10. The van der Waals surface area contributed by atoms with E-state index in [1.165, 1.54) is 101 Å². The van der Waals surface area contributed by atoms with Crippen LogP contribution in [0.15, 0.2) is 254 Å². The topological polar surface area (TPSA) is 126 Å². The van der Waals surface area contributed by atoms with Gasteiger partial charge in [-0.15, -0.1) is 141 Å². The number of aliphatic hydroxyl groups excluding tert-OH is 2. The van der Waals surface area contributed by atoms with Crippen molar-refractivity contribution in [2.45, 2.75) is 95.4 Å². The number of pyridine rings is 4. The number of aliphatic hydroxyl groups is 2. The summed E-state index contributed by atoms with van der Waals surface area (Å²) in [6.45, 7) is 23.0. The number of benzene rings is 8. The van der Waals surface area contributed by atoms with Crippen molar-refractivity contribution in [3.05, 3.63) is 312 Å². The predicted octanol–water partition coefficient (Wildman–Crippen LogP) is 21.5. The molecule has 4 radical (unpaired) electrons. The monoisotopic (exact) mass is 1990 g/mol. The van der Waals surface area contributed by atoms with Gasteiger partial charge in [0.2, 0.25) is 0 Å². The van der Waals surface area contributed by atoms with Crippen LogP contribution in [0.5, 0.6) is 0 Å². The van der Waals surface area contributed by atoms with Gasteiger partial charge >= 0.3 is 0 Å². The van der Waals surface area contributed by atoms with Crippen molar-refractivity contribution in [3.63, 3.8) is 0 Å². The number of aryl methyl sites for hydroxylation is 3. The first-order valence-electron chi connectivity index (χ1n) is 31.2. The number of hydrogen-bond acceptors (Lipinski definition) is 8. The van der Waals surface area contributed by atoms with Crippen molar-refractivity contribution < 1.29 is 100 Å². The van der Waals surface area contributed by atoms with Crippen LogP contribution >= 0.6 is 0 Å². The summed E-state index contributed by atoms with van der Waals surface area (Å²) in [7, 11) is 0. The number of fused-ring (bicyclic) bond motifs is 2. The van der Waals surface area contributed by atoms with Crippen molar-refractivity contribution in [1.82, 2.24) is 19.9 Å². The largest absolute Gasteiger partial charge is 0.512 e. The number of aromatic nitrogens is 4. The summed E-state index contributed by atoms with van der Waals surface area (Å²) in [6.07, 6.45) is 7.22. The molecule has 2 N–H and O–H groups in total. The van der Waals surface area contributed by atoms with Crippen LogP contribution in [-0.2, 0) is 96.4 Å². The smallest absolute Gasteiger partial charge is 0.155 e. The SMILES string of the molecule is CC(=O)C=C(C)O.CC(=O)C=C(C)O.CC(C)Cc1cccc(-c2cc[c-]c(-c3ccccn3)c2)c1.CC(C)c1ccc(-c2[c-]ccc(-c3ccccc3)c2)nc1.Cc1[c-]c(-c2ccc3ccccc3n2)c(C)cc1.Cc1cc[c-]c(-c2ccc3ccccc3n2)c1C.[Ir].[Ir].[Ir].[Ir]. The third-order valence-corrected chi connectivity index (χ3v) is 14.6. The van der Waals surface area contributed by atoms with Crippen LogP contribution in [0.1, 0.15) is 94.7 Å². The number of rotatable bonds is 11. The zero-order chi connectivity index (χ0) is 66.8. The molecule has 12 heteroatoms. The van der Waals surface area contributed by atoms with Gasteiger partial charge in [0, 0.05) is 105 Å². The summed E-state index contributed by atoms with van der Waals surface area (Å²) in [5.74, 6) is 1.05. The van der Waals surface area contributed by atoms with Gasteiger partial charge in [-0.05, 0) is 120 Å². The fourth-order valence-corrected chi connectivity index (χ4v) is 9.88. The first kappa shape index (κ1) is 83.1. The number of para-hydroxylation sites is 2. The minimum absolute atomic E-state index is 0. The second kappa shape index (κ2) is 42.5. The van der Waals surface area contributed by atoms with Gasteiger partial charge in [-0.3, -0.25) is 19.6 Å². The molecule has 12 aromatic rings. The average molecular weight is 1990 g/mol. The summed E-state index contributed by atoms with van der Waals surface area (Å²) < 4.78 is 0. The zero-order valence-corrected chi connectivity index (χ0v) is 66.4. The molecule has 0 aliphatic carbocycles. The minimum atomic E-state index is -0.125. The van der Waals surface area contributed by atoms with Gasteiger partial charge in [-0.25, -0.2) is 0 Å². The van der Waals surface area contributed by atoms with E-state index >= 15 is 0 Å². The normalized spacial score (nSPS) is 10.5. The van der Waals surface area contributed by atoms with E-state index in [0.717, 1.165) is 68.0 Å². The number of hydrogen-bond donors (Lipinski definition) is 2. The van der Waals surface area contributed by atoms with Crippen LogP contribution in [0, 0.1) is 57.9 Å². The Balaban J connectivity index is 0.000000312. The van der Waals surface area contributed by atoms with Gasteiger partial charge in [0.1, 0.15) is 0 Å². The molecule has 12 rings (SSSR count). The molecule has 0 spiro atoms. The zero-order valence-electron chi connectivity index (χ0n) is 56.8. The third-order valence-electron chi connectivity index (χ3n) is 14.6. The molecule has 0 bridgehead atoms. The Morgan fingerprint density at radius 1 is 0.454 bits per heavy atom. The minimum Gasteiger partial charge on any atom is -0.512 e. The molecule has 4 heterocycles. The van der Waals surface area contributed by atoms with Gasteiger partial charge < -0.3 is 20.2 Å². The second-order valence-electron chi connectivity index (χ2n) is 23.4. The Kier molecular flexibility index (Phi) is 36.5. The Morgan fingerprint density at radius 2 is 0.948 bits per heavy atom. The molecule has 97 heavy (non-hydrogen) atoms. The predicted molar refractivity (Wildman–Crippen MR) is 386 cm³/mol. The molecule has 8 nitrogen and oxygen atoms in total. The molecule has 0 fully saturated rings. The van der Waals surface area contributed by atoms with E-state index in [-0.39, 0.29) is 104 Å². The number of carbonyl (C=O) groups excluding carboxylic acids is 2. The Bertz CT molecular complexity index is 4370. The third kappa shape index (κ3) is 27.0. The number of carbonyl (C=O) groups is 2. The van der Waals surface area contributed by atoms with Gasteiger partial charge in [-0.1, -0.05) is 195 Å². The maximum Gasteiger partial charge on any atom is 0.155 e. The molecule has 0 aliphatic heterocycles. The molecular formula is C85H82Ir4N4O4-4. The van der Waals surface area contributed by atoms with E-state index in [9.17, 15) is 9.59 Å². The van der Waals surface area contributed by atoms with Crippen molar-refractivity contribution in [2.24, 2.45) is 5.92 Å². The summed E-state index contributed by atoms with van der Waals surface area (Å²) >= 11 is 0. The molecule has 4 aromatic heterocycles. The number of ketones is 2. The van der Waals surface area contributed by atoms with Crippen molar-refractivity contribution in [2.75, 3.05) is 0 Å². The molecule has 0 saturated heterocycles. The summed E-state index contributed by atoms with van der Waals surface area (Å²) in [4.78, 5) is 38.5. The quantitative estimate of drug-likeness (QED) is 0.0745. The standard InChI is InChI=1S/C21H20N.C20H18N.2C17H14N.2C5H8O2.4Ir/c1-16(2)13-17-7-5-8-18(14-17)19-9-6-10-20(15-19)21-11-3-4-12-22-21;1-15(2)19-11-12-20(21-14-19)18-10-6-9-17(13-18)16-7-4-3-5-8-16;1-12-6-5-8-15(13(12)2)17-11-10-14-7-3-4-9-16(14)18-17;1-12-7-8-13(2)15(11-12)17-10-9-14-5-3-4-6-16(14)18-17;2*1-4(6)3-5(2)7;;;;/h3-9,11-12,14-16H,13H2,1-2H3;3-9,11-15H,1-2H3;3-7,9-11H,1-2H3;3-10H,1-2H3;2*3,6H,1-2H3;;;;/q4*-1;;;;;;. The van der Waals surface area contributed by atoms with Crippen LogP contribution in [0.3, 0.4) is 0 Å². The maximum absolute atomic E-state index is 10.0. The van der Waals surface area contributed by atoms with Crippen molar-refractivity contribution in [1.29, 1.82) is 0 Å². The first-order chi connectivity index (χ1) is 44.7. The molecule has 8 aromatic carbocycles. The van der Waals surface area contributed by atoms with E-state index < -0.39 is 0 Å². The van der Waals surface area contributed by atoms with Gasteiger partial charge in [0.15, 0.2) is 11.6 Å². The Morgan fingerprint density at radius 3 is 1.45 bits per heavy atom. The summed E-state index contributed by atoms with van der Waals surface area (Å²) in [6, 6.07) is 88.1. The van der Waals surface area contributed by atoms with E-state index in [4.69, 9.17) is 20.2 Å². The average Bonchev–Trinajstić information content (AvgIpc) is 0.848. The van der Waals surface area contributed by atoms with Crippen LogP contribution in [-0.4, -0.2) is 41.7 Å². The maximum atomic E-state index is 10.0. The van der Waals surface area contributed by atoms with Gasteiger partial charge in [0.25, 0.3) is 0 Å². The van der Waals surface area contributed by atoms with E-state index in [0.29, 0.717) is 11.8 Å². The molecule has 0 atom stereocenters. The summed E-state index contributed by atoms with van der Waals surface area (Å²) in [5.41, 5.74) is 22.7. The number of allylic oxidation sites excluding steroid dienone is 4. The van der Waals surface area contributed by atoms with Crippen LogP contribution in [0.2, 0.25) is 0 Å². The molecule has 0 amide bonds. The summed E-state index contributed by atoms with van der Waals surface area (Å²) in [5, 5.41) is 19.1. The fourth-order valence-electron chi connectivity index (χ4n) is 9.88. The second-order valence-corrected chi connectivity index (χ2v) is 23.4. The van der Waals surface area contributed by atoms with Crippen LogP contribution < -0.4 is 0 Å². The molecule has 0 unspecified atom stereocenters. The van der Waals surface area contributed by atoms with Gasteiger partial charge in [0.05, 0.1) is 22.6 Å². The van der Waals surface area contributed by atoms with Crippen LogP contribution in [0.4, 0.5) is 0 Å². The molecule has 506 valence electrons. The van der Waals surface area contributed by atoms with Crippen molar-refractivity contribution >= 4 is 33.4 Å². The number of nitrogens with zero attached hydrogens (tertiary/aromatic N) is 4. The van der Waals surface area contributed by atoms with E-state index in [1.54, 1.807) is 0 Å². The van der Waals surface area contributed by atoms with E-state index in [1.807, 2.05) is 91.3 Å². The molecule has 0 saturated carbocycles.